The van der Waals surface area contributed by atoms with Crippen LogP contribution in [-0.2, 0) is 14.8 Å². The maximum Gasteiger partial charge on any atom is 0.243 e. The zero-order valence-electron chi connectivity index (χ0n) is 19.8. The average molecular weight is 500 g/mol. The van der Waals surface area contributed by atoms with Crippen LogP contribution in [0.4, 0.5) is 5.82 Å². The second kappa shape index (κ2) is 9.57. The number of amides is 1. The predicted octanol–water partition coefficient (Wildman–Crippen LogP) is 4.22. The number of carbonyl (C=O) groups excluding carboxylic acids is 1. The van der Waals surface area contributed by atoms with Crippen LogP contribution in [0.15, 0.2) is 77.8 Å². The Morgan fingerprint density at radius 2 is 1.72 bits per heavy atom. The van der Waals surface area contributed by atoms with Crippen LogP contribution in [0.5, 0.6) is 0 Å². The molecule has 36 heavy (non-hydrogen) atoms. The maximum absolute atomic E-state index is 13.3. The summed E-state index contributed by atoms with van der Waals surface area (Å²) in [4.78, 5) is 18.3. The van der Waals surface area contributed by atoms with Gasteiger partial charge in [-0.05, 0) is 55.7 Å². The molecule has 2 aromatic carbocycles. The number of sulfonamides is 1. The van der Waals surface area contributed by atoms with Gasteiger partial charge >= 0.3 is 0 Å². The summed E-state index contributed by atoms with van der Waals surface area (Å²) in [6, 6.07) is 21.5. The van der Waals surface area contributed by atoms with Crippen molar-refractivity contribution < 1.29 is 13.2 Å². The summed E-state index contributed by atoms with van der Waals surface area (Å²) in [6.45, 7) is 2.48. The first kappa shape index (κ1) is 23.7. The van der Waals surface area contributed by atoms with Crippen LogP contribution in [0, 0.1) is 24.2 Å². The number of hydrogen-bond donors (Lipinski definition) is 1. The van der Waals surface area contributed by atoms with Crippen LogP contribution in [0.1, 0.15) is 24.0 Å². The van der Waals surface area contributed by atoms with Crippen LogP contribution in [-0.4, -0.2) is 41.1 Å². The summed E-state index contributed by atoms with van der Waals surface area (Å²) in [5, 5.41) is 12.0. The molecule has 8 nitrogen and oxygen atoms in total. The van der Waals surface area contributed by atoms with Crippen molar-refractivity contribution in [3.63, 3.8) is 0 Å². The Hall–Kier alpha value is -4.00. The highest BCUT2D eigenvalue weighted by Crippen LogP contribution is 2.31. The molecule has 0 bridgehead atoms. The summed E-state index contributed by atoms with van der Waals surface area (Å²) in [7, 11) is -3.68. The van der Waals surface area contributed by atoms with Crippen molar-refractivity contribution in [2.24, 2.45) is 5.92 Å². The zero-order chi connectivity index (χ0) is 25.3. The van der Waals surface area contributed by atoms with Crippen molar-refractivity contribution >= 4 is 27.4 Å². The molecule has 0 unspecified atom stereocenters. The van der Waals surface area contributed by atoms with Crippen LogP contribution < -0.4 is 5.32 Å². The number of aryl methyl sites for hydroxylation is 1. The molecule has 1 amide bonds. The highest BCUT2D eigenvalue weighted by atomic mass is 32.2. The molecule has 1 N–H and O–H groups in total. The Kier molecular flexibility index (Phi) is 6.31. The van der Waals surface area contributed by atoms with E-state index in [1.165, 1.54) is 28.6 Å². The van der Waals surface area contributed by atoms with Gasteiger partial charge in [-0.25, -0.2) is 13.4 Å². The predicted molar refractivity (Wildman–Crippen MR) is 137 cm³/mol. The largest absolute Gasteiger partial charge is 0.310 e. The molecule has 4 aromatic rings. The Morgan fingerprint density at radius 3 is 2.39 bits per heavy atom. The number of aromatic nitrogens is 2. The highest BCUT2D eigenvalue weighted by Gasteiger charge is 2.33. The normalized spacial score (nSPS) is 15.0. The van der Waals surface area contributed by atoms with E-state index in [0.29, 0.717) is 29.9 Å². The lowest BCUT2D eigenvalue weighted by Crippen LogP contribution is -2.41. The Bertz CT molecular complexity index is 1560. The number of nitrogens with zero attached hydrogens (tertiary/aromatic N) is 4. The molecule has 182 valence electrons. The molecule has 1 aliphatic rings. The molecule has 1 aliphatic heterocycles. The summed E-state index contributed by atoms with van der Waals surface area (Å²) >= 11 is 0. The molecule has 1 saturated heterocycles. The van der Waals surface area contributed by atoms with Gasteiger partial charge in [0.25, 0.3) is 0 Å². The molecule has 0 spiro atoms. The van der Waals surface area contributed by atoms with Gasteiger partial charge in [0.05, 0.1) is 16.5 Å². The minimum atomic E-state index is -3.68. The van der Waals surface area contributed by atoms with Crippen molar-refractivity contribution in [3.05, 3.63) is 84.1 Å². The molecule has 9 heteroatoms. The topological polar surface area (TPSA) is 108 Å². The van der Waals surface area contributed by atoms with E-state index in [9.17, 15) is 13.2 Å². The molecule has 1 fully saturated rings. The van der Waals surface area contributed by atoms with Crippen molar-refractivity contribution in [2.45, 2.75) is 24.7 Å². The lowest BCUT2D eigenvalue weighted by atomic mass is 9.97. The van der Waals surface area contributed by atoms with Gasteiger partial charge in [0.1, 0.15) is 17.2 Å². The fourth-order valence-electron chi connectivity index (χ4n) is 4.55. The van der Waals surface area contributed by atoms with Crippen LogP contribution in [0.25, 0.3) is 16.9 Å². The van der Waals surface area contributed by atoms with E-state index in [2.05, 4.69) is 5.32 Å². The first-order chi connectivity index (χ1) is 17.4. The molecular weight excluding hydrogens is 474 g/mol. The maximum atomic E-state index is 13.3. The molecule has 0 aliphatic carbocycles. The van der Waals surface area contributed by atoms with Crippen LogP contribution >= 0.6 is 0 Å². The van der Waals surface area contributed by atoms with Crippen LogP contribution in [0.3, 0.4) is 0 Å². The van der Waals surface area contributed by atoms with E-state index >= 15 is 0 Å². The number of rotatable bonds is 5. The Morgan fingerprint density at radius 1 is 1.03 bits per heavy atom. The summed E-state index contributed by atoms with van der Waals surface area (Å²) < 4.78 is 29.4. The van der Waals surface area contributed by atoms with Gasteiger partial charge in [0.2, 0.25) is 15.9 Å². The van der Waals surface area contributed by atoms with E-state index in [1.807, 2.05) is 66.1 Å². The number of fused-ring (bicyclic) bond motifs is 1. The van der Waals surface area contributed by atoms with Gasteiger partial charge in [-0.15, -0.1) is 0 Å². The van der Waals surface area contributed by atoms with Gasteiger partial charge in [-0.2, -0.15) is 9.57 Å². The second-order valence-electron chi connectivity index (χ2n) is 8.86. The number of anilines is 1. The summed E-state index contributed by atoms with van der Waals surface area (Å²) in [5.41, 5.74) is 3.77. The fourth-order valence-corrected chi connectivity index (χ4v) is 6.02. The fraction of sp³-hybridized carbons (Fsp3) is 0.222. The first-order valence-electron chi connectivity index (χ1n) is 11.7. The quantitative estimate of drug-likeness (QED) is 0.442. The van der Waals surface area contributed by atoms with Gasteiger partial charge in [-0.1, -0.05) is 36.4 Å². The monoisotopic (exact) mass is 499 g/mol. The van der Waals surface area contributed by atoms with E-state index in [-0.39, 0.29) is 29.8 Å². The highest BCUT2D eigenvalue weighted by molar-refractivity contribution is 7.89. The number of hydrogen-bond acceptors (Lipinski definition) is 5. The Balaban J connectivity index is 1.34. The number of imidazole rings is 1. The molecule has 0 radical (unpaired) electrons. The third-order valence-corrected chi connectivity index (χ3v) is 8.49. The summed E-state index contributed by atoms with van der Waals surface area (Å²) in [6.07, 6.45) is 2.71. The molecule has 3 heterocycles. The number of nitriles is 1. The lowest BCUT2D eigenvalue weighted by Gasteiger charge is -2.30. The lowest BCUT2D eigenvalue weighted by molar-refractivity contribution is -0.120. The number of piperidine rings is 1. The minimum absolute atomic E-state index is 0.147. The van der Waals surface area contributed by atoms with E-state index in [4.69, 9.17) is 10.2 Å². The van der Waals surface area contributed by atoms with E-state index in [1.54, 1.807) is 0 Å². The van der Waals surface area contributed by atoms with Gasteiger partial charge in [-0.3, -0.25) is 9.20 Å². The summed E-state index contributed by atoms with van der Waals surface area (Å²) in [5.74, 6) is 0.139. The first-order valence-corrected chi connectivity index (χ1v) is 13.2. The average Bonchev–Trinajstić information content (AvgIpc) is 3.28. The van der Waals surface area contributed by atoms with Gasteiger partial charge < -0.3 is 5.32 Å². The SMILES string of the molecule is Cc1cccn2c(NC(=O)C3CCN(S(=O)(=O)c4ccc(C#N)cc4)CC3)c(-c3ccccc3)nc12. The van der Waals surface area contributed by atoms with Crippen molar-refractivity contribution in [1.29, 1.82) is 5.26 Å². The number of benzene rings is 2. The molecule has 2 aromatic heterocycles. The minimum Gasteiger partial charge on any atom is -0.310 e. The van der Waals surface area contributed by atoms with Crippen molar-refractivity contribution in [2.75, 3.05) is 18.4 Å². The smallest absolute Gasteiger partial charge is 0.243 e. The van der Waals surface area contributed by atoms with E-state index < -0.39 is 10.0 Å². The standard InChI is InChI=1S/C27H25N5O3S/c1-19-6-5-15-32-25(19)29-24(21-7-3-2-4-8-21)26(32)30-27(33)22-13-16-31(17-14-22)36(34,35)23-11-9-20(18-28)10-12-23/h2-12,15,22H,13-14,16-17H2,1H3,(H,30,33). The number of carbonyl (C=O) groups is 1. The van der Waals surface area contributed by atoms with Gasteiger partial charge in [0.15, 0.2) is 0 Å². The Labute approximate surface area is 209 Å². The number of nitrogens with one attached hydrogen (secondary N) is 1. The zero-order valence-corrected chi connectivity index (χ0v) is 20.6. The van der Waals surface area contributed by atoms with Crippen LogP contribution in [0.2, 0.25) is 0 Å². The second-order valence-corrected chi connectivity index (χ2v) is 10.8. The van der Waals surface area contributed by atoms with E-state index in [0.717, 1.165) is 16.8 Å². The molecular formula is C27H25N5O3S. The van der Waals surface area contributed by atoms with Crippen molar-refractivity contribution in [3.8, 4) is 17.3 Å². The third kappa shape index (κ3) is 4.37. The third-order valence-electron chi connectivity index (χ3n) is 6.58. The molecule has 0 saturated carbocycles. The molecule has 0 atom stereocenters. The van der Waals surface area contributed by atoms with Crippen molar-refractivity contribution in [1.82, 2.24) is 13.7 Å². The number of pyridine rings is 1. The van der Waals surface area contributed by atoms with Gasteiger partial charge in [0, 0.05) is 30.8 Å². The molecule has 5 rings (SSSR count).